The normalized spacial score (nSPS) is 10.7. The zero-order chi connectivity index (χ0) is 14.2. The largest absolute Gasteiger partial charge is 0.504 e. The van der Waals surface area contributed by atoms with Crippen molar-refractivity contribution in [3.05, 3.63) is 22.2 Å². The summed E-state index contributed by atoms with van der Waals surface area (Å²) in [5.74, 6) is 1.02. The third-order valence-electron chi connectivity index (χ3n) is 3.05. The van der Waals surface area contributed by atoms with Gasteiger partial charge < -0.3 is 15.6 Å². The van der Waals surface area contributed by atoms with E-state index in [2.05, 4.69) is 21.0 Å². The van der Waals surface area contributed by atoms with Crippen LogP contribution in [0.2, 0.25) is 0 Å². The summed E-state index contributed by atoms with van der Waals surface area (Å²) in [6, 6.07) is 3.54. The van der Waals surface area contributed by atoms with E-state index in [-0.39, 0.29) is 5.75 Å². The molecule has 2 aromatic rings. The minimum atomic E-state index is 0.0599. The van der Waals surface area contributed by atoms with E-state index < -0.39 is 0 Å². The molecule has 5 nitrogen and oxygen atoms in total. The molecule has 1 heterocycles. The number of nitrogens with two attached hydrogens (primary N) is 1. The first kappa shape index (κ1) is 13.7. The number of benzene rings is 1. The number of nitrogens with zero attached hydrogens (tertiary/aromatic N) is 2. The quantitative estimate of drug-likeness (QED) is 0.910. The average molecular weight is 326 g/mol. The molecule has 102 valence electrons. The van der Waals surface area contributed by atoms with Crippen molar-refractivity contribution in [2.75, 3.05) is 12.8 Å². The van der Waals surface area contributed by atoms with Gasteiger partial charge in [-0.15, -0.1) is 0 Å². The Labute approximate surface area is 120 Å². The van der Waals surface area contributed by atoms with Crippen LogP contribution >= 0.6 is 15.9 Å². The Hall–Kier alpha value is -1.69. The molecule has 0 saturated carbocycles. The number of halogens is 1. The average Bonchev–Trinajstić information content (AvgIpc) is 2.70. The van der Waals surface area contributed by atoms with Gasteiger partial charge in [-0.2, -0.15) is 5.10 Å². The number of aryl methyl sites for hydroxylation is 2. The fourth-order valence-electron chi connectivity index (χ4n) is 1.93. The summed E-state index contributed by atoms with van der Waals surface area (Å²) in [6.07, 6.45) is 0.812. The predicted molar refractivity (Wildman–Crippen MR) is 78.4 cm³/mol. The van der Waals surface area contributed by atoms with Crippen molar-refractivity contribution in [2.45, 2.75) is 13.3 Å². The number of phenolic OH excluding ortho intramolecular Hbond substituents is 1. The standard InChI is InChI=1S/C13H16BrN3O2/c1-4-7-5-9(19-3)13(18)11(12(7)14)8-6-10(15)17(2)16-8/h5-6,18H,4,15H2,1-3H3. The lowest BCUT2D eigenvalue weighted by molar-refractivity contribution is 0.373. The Bertz CT molecular complexity index is 575. The summed E-state index contributed by atoms with van der Waals surface area (Å²) in [5, 5.41) is 14.6. The van der Waals surface area contributed by atoms with Crippen LogP contribution in [0, 0.1) is 0 Å². The lowest BCUT2D eigenvalue weighted by Gasteiger charge is -2.13. The highest BCUT2D eigenvalue weighted by Gasteiger charge is 2.20. The number of ether oxygens (including phenoxy) is 1. The summed E-state index contributed by atoms with van der Waals surface area (Å²) >= 11 is 3.52. The third kappa shape index (κ3) is 2.28. The Morgan fingerprint density at radius 3 is 2.63 bits per heavy atom. The van der Waals surface area contributed by atoms with Crippen molar-refractivity contribution in [1.82, 2.24) is 9.78 Å². The Morgan fingerprint density at radius 2 is 2.16 bits per heavy atom. The van der Waals surface area contributed by atoms with Crippen LogP contribution < -0.4 is 10.5 Å². The van der Waals surface area contributed by atoms with Crippen LogP contribution in [0.3, 0.4) is 0 Å². The number of rotatable bonds is 3. The number of aromatic nitrogens is 2. The molecule has 0 bridgehead atoms. The van der Waals surface area contributed by atoms with Crippen molar-refractivity contribution in [2.24, 2.45) is 7.05 Å². The van der Waals surface area contributed by atoms with Gasteiger partial charge in [-0.05, 0) is 34.0 Å². The van der Waals surface area contributed by atoms with Crippen LogP contribution in [-0.4, -0.2) is 22.0 Å². The highest BCUT2D eigenvalue weighted by molar-refractivity contribution is 9.10. The van der Waals surface area contributed by atoms with Crippen LogP contribution in [0.1, 0.15) is 12.5 Å². The molecule has 1 aromatic carbocycles. The van der Waals surface area contributed by atoms with E-state index in [0.29, 0.717) is 22.8 Å². The number of aromatic hydroxyl groups is 1. The highest BCUT2D eigenvalue weighted by atomic mass is 79.9. The first-order valence-electron chi connectivity index (χ1n) is 5.87. The smallest absolute Gasteiger partial charge is 0.168 e. The van der Waals surface area contributed by atoms with Gasteiger partial charge in [0.2, 0.25) is 0 Å². The van der Waals surface area contributed by atoms with Gasteiger partial charge >= 0.3 is 0 Å². The molecular weight excluding hydrogens is 310 g/mol. The van der Waals surface area contributed by atoms with E-state index in [4.69, 9.17) is 10.5 Å². The van der Waals surface area contributed by atoms with E-state index in [1.165, 1.54) is 7.11 Å². The molecule has 0 aliphatic heterocycles. The second kappa shape index (κ2) is 5.13. The highest BCUT2D eigenvalue weighted by Crippen LogP contribution is 2.44. The molecule has 0 unspecified atom stereocenters. The molecule has 1 aromatic heterocycles. The van der Waals surface area contributed by atoms with Gasteiger partial charge in [0.25, 0.3) is 0 Å². The lowest BCUT2D eigenvalue weighted by Crippen LogP contribution is -1.97. The molecular formula is C13H16BrN3O2. The van der Waals surface area contributed by atoms with E-state index in [1.807, 2.05) is 13.0 Å². The molecule has 19 heavy (non-hydrogen) atoms. The lowest BCUT2D eigenvalue weighted by atomic mass is 10.0. The van der Waals surface area contributed by atoms with Crippen molar-refractivity contribution < 1.29 is 9.84 Å². The summed E-state index contributed by atoms with van der Waals surface area (Å²) < 4.78 is 7.58. The van der Waals surface area contributed by atoms with Crippen molar-refractivity contribution in [3.8, 4) is 22.8 Å². The second-order valence-corrected chi connectivity index (χ2v) is 5.00. The summed E-state index contributed by atoms with van der Waals surface area (Å²) in [5.41, 5.74) is 8.04. The van der Waals surface area contributed by atoms with Crippen molar-refractivity contribution in [3.63, 3.8) is 0 Å². The van der Waals surface area contributed by atoms with E-state index in [0.717, 1.165) is 16.5 Å². The number of hydrogen-bond acceptors (Lipinski definition) is 4. The molecule has 0 radical (unpaired) electrons. The molecule has 0 saturated heterocycles. The summed E-state index contributed by atoms with van der Waals surface area (Å²) in [6.45, 7) is 2.03. The number of anilines is 1. The molecule has 0 aliphatic rings. The van der Waals surface area contributed by atoms with Gasteiger partial charge in [-0.25, -0.2) is 0 Å². The molecule has 6 heteroatoms. The fourth-order valence-corrected chi connectivity index (χ4v) is 2.71. The molecule has 0 spiro atoms. The zero-order valence-electron chi connectivity index (χ0n) is 11.1. The van der Waals surface area contributed by atoms with Crippen LogP contribution in [-0.2, 0) is 13.5 Å². The van der Waals surface area contributed by atoms with E-state index >= 15 is 0 Å². The van der Waals surface area contributed by atoms with Crippen LogP contribution in [0.5, 0.6) is 11.5 Å². The van der Waals surface area contributed by atoms with Crippen molar-refractivity contribution in [1.29, 1.82) is 0 Å². The molecule has 0 aliphatic carbocycles. The van der Waals surface area contributed by atoms with E-state index in [9.17, 15) is 5.11 Å². The minimum Gasteiger partial charge on any atom is -0.504 e. The second-order valence-electron chi connectivity index (χ2n) is 4.21. The van der Waals surface area contributed by atoms with E-state index in [1.54, 1.807) is 17.8 Å². The Balaban J connectivity index is 2.73. The first-order chi connectivity index (χ1) is 8.99. The summed E-state index contributed by atoms with van der Waals surface area (Å²) in [4.78, 5) is 0. The predicted octanol–water partition coefficient (Wildman–Crippen LogP) is 2.71. The zero-order valence-corrected chi connectivity index (χ0v) is 12.7. The third-order valence-corrected chi connectivity index (χ3v) is 3.96. The number of methoxy groups -OCH3 is 1. The van der Waals surface area contributed by atoms with Gasteiger partial charge in [0.1, 0.15) is 5.82 Å². The molecule has 0 fully saturated rings. The van der Waals surface area contributed by atoms with Gasteiger partial charge in [0, 0.05) is 17.6 Å². The maximum Gasteiger partial charge on any atom is 0.168 e. The van der Waals surface area contributed by atoms with Crippen molar-refractivity contribution >= 4 is 21.7 Å². The number of hydrogen-bond donors (Lipinski definition) is 2. The van der Waals surface area contributed by atoms with Gasteiger partial charge in [0.05, 0.1) is 18.4 Å². The fraction of sp³-hybridized carbons (Fsp3) is 0.308. The van der Waals surface area contributed by atoms with Gasteiger partial charge in [0.15, 0.2) is 11.5 Å². The maximum absolute atomic E-state index is 10.3. The SMILES string of the molecule is CCc1cc(OC)c(O)c(-c2cc(N)n(C)n2)c1Br. The van der Waals surface area contributed by atoms with Gasteiger partial charge in [-0.1, -0.05) is 6.92 Å². The topological polar surface area (TPSA) is 73.3 Å². The minimum absolute atomic E-state index is 0.0599. The van der Waals surface area contributed by atoms with Crippen LogP contribution in [0.4, 0.5) is 5.82 Å². The Morgan fingerprint density at radius 1 is 1.47 bits per heavy atom. The summed E-state index contributed by atoms with van der Waals surface area (Å²) in [7, 11) is 3.28. The molecule has 3 N–H and O–H groups in total. The molecule has 0 atom stereocenters. The Kier molecular flexibility index (Phi) is 3.71. The first-order valence-corrected chi connectivity index (χ1v) is 6.67. The molecule has 2 rings (SSSR count). The number of nitrogen functional groups attached to an aromatic ring is 1. The van der Waals surface area contributed by atoms with Crippen LogP contribution in [0.15, 0.2) is 16.6 Å². The van der Waals surface area contributed by atoms with Gasteiger partial charge in [-0.3, -0.25) is 4.68 Å². The number of phenols is 1. The van der Waals surface area contributed by atoms with Crippen LogP contribution in [0.25, 0.3) is 11.3 Å². The maximum atomic E-state index is 10.3. The molecule has 0 amide bonds. The monoisotopic (exact) mass is 325 g/mol.